The molecule has 0 radical (unpaired) electrons. The van der Waals surface area contributed by atoms with Gasteiger partial charge in [0, 0.05) is 15.9 Å². The molecule has 0 amide bonds. The molecule has 1 unspecified atom stereocenters. The first-order valence-electron chi connectivity index (χ1n) is 8.70. The molecule has 3 aromatic carbocycles. The van der Waals surface area contributed by atoms with Crippen molar-refractivity contribution in [2.24, 2.45) is 5.92 Å². The largest absolute Gasteiger partial charge is 0.309 e. The fourth-order valence-electron chi connectivity index (χ4n) is 3.86. The Bertz CT molecular complexity index is 985. The predicted octanol–water partition coefficient (Wildman–Crippen LogP) is 5.43. The molecule has 2 heteroatoms. The molecular formula is C23H21OP. The van der Waals surface area contributed by atoms with Crippen LogP contribution in [0, 0.1) is 5.92 Å². The minimum atomic E-state index is -2.82. The van der Waals surface area contributed by atoms with Crippen LogP contribution in [0.4, 0.5) is 0 Å². The maximum absolute atomic E-state index is 14.5. The Hall–Kier alpha value is -2.37. The summed E-state index contributed by atoms with van der Waals surface area (Å²) >= 11 is 0. The summed E-state index contributed by atoms with van der Waals surface area (Å²) < 4.78 is 14.5. The highest BCUT2D eigenvalue weighted by Gasteiger charge is 2.43. The van der Waals surface area contributed by atoms with Crippen LogP contribution in [-0.4, -0.2) is 0 Å². The Kier molecular flexibility index (Phi) is 3.98. The fourth-order valence-corrected chi connectivity index (χ4v) is 7.38. The summed E-state index contributed by atoms with van der Waals surface area (Å²) in [5.41, 5.74) is 3.41. The van der Waals surface area contributed by atoms with E-state index in [1.54, 1.807) is 0 Å². The van der Waals surface area contributed by atoms with Gasteiger partial charge in [0.1, 0.15) is 0 Å². The van der Waals surface area contributed by atoms with Crippen LogP contribution in [0.1, 0.15) is 25.0 Å². The lowest BCUT2D eigenvalue weighted by Crippen LogP contribution is -2.17. The molecule has 1 atom stereocenters. The summed E-state index contributed by atoms with van der Waals surface area (Å²) in [5, 5.41) is 2.98. The Morgan fingerprint density at radius 3 is 1.92 bits per heavy atom. The molecule has 1 heterocycles. The fraction of sp³-hybridized carbons (Fsp3) is 0.130. The van der Waals surface area contributed by atoms with Crippen LogP contribution in [0.25, 0.3) is 5.57 Å². The molecule has 0 fully saturated rings. The molecule has 25 heavy (non-hydrogen) atoms. The lowest BCUT2D eigenvalue weighted by atomic mass is 9.95. The van der Waals surface area contributed by atoms with Crippen LogP contribution in [0.5, 0.6) is 0 Å². The summed E-state index contributed by atoms with van der Waals surface area (Å²) in [6, 6.07) is 28.5. The quantitative estimate of drug-likeness (QED) is 0.579. The average molecular weight is 344 g/mol. The summed E-state index contributed by atoms with van der Waals surface area (Å²) in [6.07, 6.45) is 0. The maximum Gasteiger partial charge on any atom is 0.168 e. The Morgan fingerprint density at radius 2 is 1.28 bits per heavy atom. The van der Waals surface area contributed by atoms with E-state index in [4.69, 9.17) is 0 Å². The molecule has 1 aliphatic rings. The van der Waals surface area contributed by atoms with Crippen molar-refractivity contribution < 1.29 is 4.57 Å². The molecular weight excluding hydrogens is 323 g/mol. The SMILES string of the molecule is CC(C)C1=C(c2ccccc2)c2ccccc2P1(=O)c1ccccc1. The Balaban J connectivity index is 2.12. The van der Waals surface area contributed by atoms with Gasteiger partial charge in [-0.2, -0.15) is 0 Å². The van der Waals surface area contributed by atoms with Gasteiger partial charge in [-0.05, 0) is 22.6 Å². The Labute approximate surface area is 149 Å². The molecule has 0 spiro atoms. The standard InChI is InChI=1S/C23H21OP/c1-17(2)23-22(18-11-5-3-6-12-18)20-15-9-10-16-21(20)25(23,24)19-13-7-4-8-14-19/h3-17H,1-2H3. The van der Waals surface area contributed by atoms with Gasteiger partial charge in [0.15, 0.2) is 7.14 Å². The van der Waals surface area contributed by atoms with Gasteiger partial charge in [-0.15, -0.1) is 0 Å². The van der Waals surface area contributed by atoms with Crippen molar-refractivity contribution in [3.8, 4) is 0 Å². The van der Waals surface area contributed by atoms with Crippen molar-refractivity contribution in [3.63, 3.8) is 0 Å². The van der Waals surface area contributed by atoms with Crippen molar-refractivity contribution >= 4 is 23.3 Å². The topological polar surface area (TPSA) is 17.1 Å². The summed E-state index contributed by atoms with van der Waals surface area (Å²) in [7, 11) is -2.82. The van der Waals surface area contributed by atoms with E-state index in [0.717, 1.165) is 32.6 Å². The number of hydrogen-bond acceptors (Lipinski definition) is 1. The first-order chi connectivity index (χ1) is 12.1. The zero-order valence-corrected chi connectivity index (χ0v) is 15.4. The first-order valence-corrected chi connectivity index (χ1v) is 10.4. The molecule has 4 rings (SSSR count). The van der Waals surface area contributed by atoms with Gasteiger partial charge in [-0.3, -0.25) is 0 Å². The highest BCUT2D eigenvalue weighted by atomic mass is 31.2. The number of benzene rings is 3. The summed E-state index contributed by atoms with van der Waals surface area (Å²) in [5.74, 6) is 0.202. The smallest absolute Gasteiger partial charge is 0.168 e. The predicted molar refractivity (Wildman–Crippen MR) is 107 cm³/mol. The van der Waals surface area contributed by atoms with Gasteiger partial charge in [0.2, 0.25) is 0 Å². The first kappa shape index (κ1) is 16.1. The van der Waals surface area contributed by atoms with Gasteiger partial charge in [-0.25, -0.2) is 0 Å². The van der Waals surface area contributed by atoms with Crippen molar-refractivity contribution in [2.45, 2.75) is 13.8 Å². The molecule has 0 saturated heterocycles. The van der Waals surface area contributed by atoms with E-state index in [0.29, 0.717) is 0 Å². The molecule has 0 bridgehead atoms. The minimum Gasteiger partial charge on any atom is -0.309 e. The van der Waals surface area contributed by atoms with Crippen LogP contribution in [0.15, 0.2) is 90.2 Å². The minimum absolute atomic E-state index is 0.202. The van der Waals surface area contributed by atoms with Gasteiger partial charge >= 0.3 is 0 Å². The molecule has 1 aliphatic heterocycles. The lowest BCUT2D eigenvalue weighted by Gasteiger charge is -2.21. The zero-order valence-electron chi connectivity index (χ0n) is 14.5. The van der Waals surface area contributed by atoms with Gasteiger partial charge in [-0.1, -0.05) is 98.8 Å². The third-order valence-electron chi connectivity index (χ3n) is 4.84. The lowest BCUT2D eigenvalue weighted by molar-refractivity contribution is 0.587. The molecule has 0 aliphatic carbocycles. The van der Waals surface area contributed by atoms with Crippen LogP contribution >= 0.6 is 7.14 Å². The van der Waals surface area contributed by atoms with Crippen LogP contribution in [0.3, 0.4) is 0 Å². The van der Waals surface area contributed by atoms with E-state index in [2.05, 4.69) is 44.2 Å². The molecule has 0 saturated carbocycles. The van der Waals surface area contributed by atoms with Crippen LogP contribution in [0.2, 0.25) is 0 Å². The third-order valence-corrected chi connectivity index (χ3v) is 8.35. The summed E-state index contributed by atoms with van der Waals surface area (Å²) in [6.45, 7) is 4.31. The van der Waals surface area contributed by atoms with Crippen LogP contribution < -0.4 is 10.6 Å². The van der Waals surface area contributed by atoms with E-state index in [9.17, 15) is 4.57 Å². The van der Waals surface area contributed by atoms with Crippen molar-refractivity contribution in [1.29, 1.82) is 0 Å². The molecule has 0 N–H and O–H groups in total. The molecule has 1 nitrogen and oxygen atoms in total. The average Bonchev–Trinajstić information content (AvgIpc) is 2.94. The number of fused-ring (bicyclic) bond motifs is 1. The molecule has 124 valence electrons. The highest BCUT2D eigenvalue weighted by molar-refractivity contribution is 7.83. The van der Waals surface area contributed by atoms with Crippen LogP contribution in [-0.2, 0) is 4.57 Å². The summed E-state index contributed by atoms with van der Waals surface area (Å²) in [4.78, 5) is 0. The van der Waals surface area contributed by atoms with Crippen molar-refractivity contribution in [2.75, 3.05) is 0 Å². The third kappa shape index (κ3) is 2.42. The molecule has 3 aromatic rings. The zero-order chi connectivity index (χ0) is 17.4. The van der Waals surface area contributed by atoms with Gasteiger partial charge < -0.3 is 4.57 Å². The van der Waals surface area contributed by atoms with E-state index in [1.807, 2.05) is 54.6 Å². The normalized spacial score (nSPS) is 19.3. The van der Waals surface area contributed by atoms with Crippen molar-refractivity contribution in [3.05, 3.63) is 101 Å². The van der Waals surface area contributed by atoms with E-state index >= 15 is 0 Å². The second-order valence-electron chi connectivity index (χ2n) is 6.74. The van der Waals surface area contributed by atoms with E-state index in [-0.39, 0.29) is 5.92 Å². The maximum atomic E-state index is 14.5. The second kappa shape index (κ2) is 6.17. The second-order valence-corrected chi connectivity index (χ2v) is 9.44. The van der Waals surface area contributed by atoms with Crippen molar-refractivity contribution in [1.82, 2.24) is 0 Å². The van der Waals surface area contributed by atoms with Gasteiger partial charge in [0.25, 0.3) is 0 Å². The monoisotopic (exact) mass is 344 g/mol. The van der Waals surface area contributed by atoms with E-state index < -0.39 is 7.14 Å². The van der Waals surface area contributed by atoms with E-state index in [1.165, 1.54) is 0 Å². The highest BCUT2D eigenvalue weighted by Crippen LogP contribution is 2.63. The van der Waals surface area contributed by atoms with Gasteiger partial charge in [0.05, 0.1) is 0 Å². The Morgan fingerprint density at radius 1 is 0.720 bits per heavy atom. The number of allylic oxidation sites excluding steroid dienone is 1. The number of rotatable bonds is 3. The number of hydrogen-bond donors (Lipinski definition) is 0. The molecule has 0 aromatic heterocycles.